The van der Waals surface area contributed by atoms with Gasteiger partial charge in [-0.25, -0.2) is 0 Å². The molecular formula is C16H26O4. The topological polar surface area (TPSA) is 68.3 Å². The van der Waals surface area contributed by atoms with Crippen LogP contribution in [0.3, 0.4) is 0 Å². The lowest BCUT2D eigenvalue weighted by atomic mass is 9.80. The molecule has 0 N–H and O–H groups in total. The van der Waals surface area contributed by atoms with Crippen molar-refractivity contribution in [3.05, 3.63) is 0 Å². The maximum absolute atomic E-state index is 11.9. The molecule has 4 heteroatoms. The lowest BCUT2D eigenvalue weighted by molar-refractivity contribution is -0.139. The Morgan fingerprint density at radius 1 is 0.650 bits per heavy atom. The van der Waals surface area contributed by atoms with E-state index >= 15 is 0 Å². The quantitative estimate of drug-likeness (QED) is 0.481. The van der Waals surface area contributed by atoms with Crippen molar-refractivity contribution in [3.63, 3.8) is 0 Å². The zero-order valence-corrected chi connectivity index (χ0v) is 13.5. The highest BCUT2D eigenvalue weighted by Crippen LogP contribution is 2.23. The van der Waals surface area contributed by atoms with Crippen molar-refractivity contribution in [1.29, 1.82) is 0 Å². The summed E-state index contributed by atoms with van der Waals surface area (Å²) < 4.78 is 0. The van der Waals surface area contributed by atoms with Crippen molar-refractivity contribution >= 4 is 23.1 Å². The smallest absolute Gasteiger partial charge is 0.145 e. The Labute approximate surface area is 121 Å². The van der Waals surface area contributed by atoms with Crippen LogP contribution in [0.25, 0.3) is 0 Å². The van der Waals surface area contributed by atoms with E-state index in [9.17, 15) is 19.2 Å². The van der Waals surface area contributed by atoms with Crippen molar-refractivity contribution < 1.29 is 19.2 Å². The van der Waals surface area contributed by atoms with Gasteiger partial charge in [-0.15, -0.1) is 0 Å². The summed E-state index contributed by atoms with van der Waals surface area (Å²) in [6, 6.07) is 0. The number of unbranched alkanes of at least 4 members (excludes halogenated alkanes) is 1. The Morgan fingerprint density at radius 3 is 1.10 bits per heavy atom. The number of Topliss-reactive ketones (excluding diaryl/α,β-unsaturated/α-hetero) is 4. The van der Waals surface area contributed by atoms with Crippen molar-refractivity contribution in [3.8, 4) is 0 Å². The second kappa shape index (κ2) is 6.91. The van der Waals surface area contributed by atoms with Crippen LogP contribution in [-0.2, 0) is 19.2 Å². The molecule has 0 saturated carbocycles. The van der Waals surface area contributed by atoms with Gasteiger partial charge in [0.1, 0.15) is 23.1 Å². The van der Waals surface area contributed by atoms with Crippen LogP contribution < -0.4 is 0 Å². The first-order valence-corrected chi connectivity index (χ1v) is 7.02. The average molecular weight is 282 g/mol. The molecule has 0 heterocycles. The van der Waals surface area contributed by atoms with Gasteiger partial charge in [-0.1, -0.05) is 0 Å². The summed E-state index contributed by atoms with van der Waals surface area (Å²) in [5.41, 5.74) is -1.88. The van der Waals surface area contributed by atoms with Gasteiger partial charge in [-0.2, -0.15) is 0 Å². The molecule has 0 aliphatic rings. The predicted molar refractivity (Wildman–Crippen MR) is 77.4 cm³/mol. The SMILES string of the molecule is CC(=O)C(C)(C)C(=O)CCCCC(=O)C(C)(C)C(C)=O. The maximum Gasteiger partial charge on any atom is 0.145 e. The Kier molecular flexibility index (Phi) is 6.45. The van der Waals surface area contributed by atoms with Crippen LogP contribution >= 0.6 is 0 Å². The summed E-state index contributed by atoms with van der Waals surface area (Å²) in [6.07, 6.45) is 1.71. The minimum atomic E-state index is -0.942. The van der Waals surface area contributed by atoms with Gasteiger partial charge in [0.15, 0.2) is 0 Å². The van der Waals surface area contributed by atoms with Gasteiger partial charge < -0.3 is 0 Å². The molecule has 0 fully saturated rings. The second-order valence-corrected chi connectivity index (χ2v) is 6.42. The van der Waals surface area contributed by atoms with Gasteiger partial charge in [0.25, 0.3) is 0 Å². The average Bonchev–Trinajstić information content (AvgIpc) is 2.33. The van der Waals surface area contributed by atoms with Gasteiger partial charge in [0.2, 0.25) is 0 Å². The number of hydrogen-bond donors (Lipinski definition) is 0. The number of carbonyl (C=O) groups excluding carboxylic acids is 4. The van der Waals surface area contributed by atoms with Gasteiger partial charge in [-0.3, -0.25) is 19.2 Å². The van der Waals surface area contributed by atoms with E-state index in [1.165, 1.54) is 13.8 Å². The van der Waals surface area contributed by atoms with E-state index in [2.05, 4.69) is 0 Å². The fraction of sp³-hybridized carbons (Fsp3) is 0.750. The first-order valence-electron chi connectivity index (χ1n) is 7.02. The summed E-state index contributed by atoms with van der Waals surface area (Å²) in [7, 11) is 0. The normalized spacial score (nSPS) is 12.1. The van der Waals surface area contributed by atoms with E-state index in [0.717, 1.165) is 0 Å². The van der Waals surface area contributed by atoms with Crippen molar-refractivity contribution in [2.24, 2.45) is 10.8 Å². The highest BCUT2D eigenvalue weighted by molar-refractivity contribution is 6.05. The van der Waals surface area contributed by atoms with Crippen molar-refractivity contribution in [2.75, 3.05) is 0 Å². The molecule has 0 atom stereocenters. The third-order valence-electron chi connectivity index (χ3n) is 4.21. The van der Waals surface area contributed by atoms with Crippen LogP contribution in [0.1, 0.15) is 67.2 Å². The summed E-state index contributed by atoms with van der Waals surface area (Å²) in [5.74, 6) is -0.473. The Hall–Kier alpha value is -1.32. The standard InChI is InChI=1S/C16H26O4/c1-11(17)15(3,4)13(19)9-7-8-10-14(20)16(5,6)12(2)18/h7-10H2,1-6H3. The summed E-state index contributed by atoms with van der Waals surface area (Å²) in [6.45, 7) is 9.33. The van der Waals surface area contributed by atoms with E-state index in [1.807, 2.05) is 0 Å². The monoisotopic (exact) mass is 282 g/mol. The molecule has 0 aromatic carbocycles. The fourth-order valence-electron chi connectivity index (χ4n) is 1.59. The van der Waals surface area contributed by atoms with E-state index < -0.39 is 10.8 Å². The highest BCUT2D eigenvalue weighted by Gasteiger charge is 2.33. The minimum Gasteiger partial charge on any atom is -0.299 e. The minimum absolute atomic E-state index is 0.0942. The van der Waals surface area contributed by atoms with Crippen LogP contribution in [0.15, 0.2) is 0 Å². The third-order valence-corrected chi connectivity index (χ3v) is 4.21. The van der Waals surface area contributed by atoms with Gasteiger partial charge in [-0.05, 0) is 54.4 Å². The van der Waals surface area contributed by atoms with Crippen molar-refractivity contribution in [2.45, 2.75) is 67.2 Å². The van der Waals surface area contributed by atoms with Gasteiger partial charge in [0.05, 0.1) is 10.8 Å². The molecule has 0 bridgehead atoms. The van der Waals surface area contributed by atoms with E-state index in [0.29, 0.717) is 25.7 Å². The summed E-state index contributed by atoms with van der Waals surface area (Å²) in [5, 5.41) is 0. The lowest BCUT2D eigenvalue weighted by Crippen LogP contribution is -2.32. The number of hydrogen-bond acceptors (Lipinski definition) is 4. The maximum atomic E-state index is 11.9. The van der Waals surface area contributed by atoms with E-state index in [-0.39, 0.29) is 23.1 Å². The van der Waals surface area contributed by atoms with Crippen LogP contribution in [0, 0.1) is 10.8 Å². The summed E-state index contributed by atoms with van der Waals surface area (Å²) in [4.78, 5) is 46.5. The molecule has 20 heavy (non-hydrogen) atoms. The molecule has 0 amide bonds. The van der Waals surface area contributed by atoms with Crippen LogP contribution in [-0.4, -0.2) is 23.1 Å². The molecule has 0 aromatic rings. The molecule has 0 aliphatic heterocycles. The van der Waals surface area contributed by atoms with Crippen LogP contribution in [0.5, 0.6) is 0 Å². The second-order valence-electron chi connectivity index (χ2n) is 6.42. The molecule has 114 valence electrons. The molecule has 4 nitrogen and oxygen atoms in total. The summed E-state index contributed by atoms with van der Waals surface area (Å²) >= 11 is 0. The lowest BCUT2D eigenvalue weighted by Gasteiger charge is -2.20. The molecular weight excluding hydrogens is 256 g/mol. The molecule has 0 unspecified atom stereocenters. The molecule has 0 radical (unpaired) electrons. The van der Waals surface area contributed by atoms with Gasteiger partial charge in [0, 0.05) is 12.8 Å². The Bertz CT molecular complexity index is 376. The molecule has 0 aliphatic carbocycles. The highest BCUT2D eigenvalue weighted by atomic mass is 16.2. The first-order chi connectivity index (χ1) is 8.94. The van der Waals surface area contributed by atoms with Gasteiger partial charge >= 0.3 is 0 Å². The van der Waals surface area contributed by atoms with Crippen LogP contribution in [0.2, 0.25) is 0 Å². The number of rotatable bonds is 9. The Morgan fingerprint density at radius 2 is 0.900 bits per heavy atom. The number of ketones is 4. The largest absolute Gasteiger partial charge is 0.299 e. The molecule has 0 saturated heterocycles. The molecule has 0 rings (SSSR count). The van der Waals surface area contributed by atoms with E-state index in [4.69, 9.17) is 0 Å². The zero-order valence-electron chi connectivity index (χ0n) is 13.5. The zero-order chi connectivity index (χ0) is 16.1. The fourth-order valence-corrected chi connectivity index (χ4v) is 1.59. The number of carbonyl (C=O) groups is 4. The third kappa shape index (κ3) is 4.66. The van der Waals surface area contributed by atoms with Crippen LogP contribution in [0.4, 0.5) is 0 Å². The molecule has 0 spiro atoms. The first kappa shape index (κ1) is 18.7. The van der Waals surface area contributed by atoms with E-state index in [1.54, 1.807) is 27.7 Å². The van der Waals surface area contributed by atoms with Crippen molar-refractivity contribution in [1.82, 2.24) is 0 Å². The Balaban J connectivity index is 4.24. The molecule has 0 aromatic heterocycles. The predicted octanol–water partition coefficient (Wildman–Crippen LogP) is 2.92.